The molecule has 0 aliphatic rings. The molecule has 0 bridgehead atoms. The zero-order valence-corrected chi connectivity index (χ0v) is 14.5. The van der Waals surface area contributed by atoms with Crippen molar-refractivity contribution in [2.24, 2.45) is 0 Å². The number of nitrogens with one attached hydrogen (secondary N) is 2. The minimum Gasteiger partial charge on any atom is -0.459 e. The number of para-hydroxylation sites is 1. The van der Waals surface area contributed by atoms with E-state index in [1.807, 2.05) is 18.2 Å². The highest BCUT2D eigenvalue weighted by Gasteiger charge is 2.31. The van der Waals surface area contributed by atoms with E-state index in [9.17, 15) is 22.8 Å². The zero-order chi connectivity index (χ0) is 20.3. The molecular formula is C19H15F3N2O4. The Labute approximate surface area is 157 Å². The number of furan rings is 1. The van der Waals surface area contributed by atoms with Crippen LogP contribution in [0.4, 0.5) is 18.9 Å². The summed E-state index contributed by atoms with van der Waals surface area (Å²) in [6, 6.07) is 12.9. The fourth-order valence-corrected chi connectivity index (χ4v) is 2.48. The molecule has 1 aromatic heterocycles. The van der Waals surface area contributed by atoms with Crippen molar-refractivity contribution in [3.63, 3.8) is 0 Å². The summed E-state index contributed by atoms with van der Waals surface area (Å²) in [4.78, 5) is 24.1. The van der Waals surface area contributed by atoms with E-state index in [4.69, 9.17) is 4.42 Å². The molecule has 6 nitrogen and oxygen atoms in total. The van der Waals surface area contributed by atoms with Crippen molar-refractivity contribution >= 4 is 28.5 Å². The number of benzene rings is 2. The van der Waals surface area contributed by atoms with Gasteiger partial charge in [0.25, 0.3) is 0 Å². The number of hydrogen-bond acceptors (Lipinski definition) is 4. The highest BCUT2D eigenvalue weighted by atomic mass is 19.4. The van der Waals surface area contributed by atoms with Gasteiger partial charge in [-0.15, -0.1) is 13.2 Å². The Bertz CT molecular complexity index is 963. The third kappa shape index (κ3) is 4.81. The molecule has 2 N–H and O–H groups in total. The van der Waals surface area contributed by atoms with E-state index in [1.165, 1.54) is 12.1 Å². The quantitative estimate of drug-likeness (QED) is 0.654. The molecule has 0 spiro atoms. The molecular weight excluding hydrogens is 377 g/mol. The van der Waals surface area contributed by atoms with Gasteiger partial charge in [-0.25, -0.2) is 0 Å². The van der Waals surface area contributed by atoms with Crippen molar-refractivity contribution in [2.75, 3.05) is 5.32 Å². The Kier molecular flexibility index (Phi) is 5.25. The first kappa shape index (κ1) is 19.3. The molecule has 3 aromatic rings. The Balaban J connectivity index is 1.58. The summed E-state index contributed by atoms with van der Waals surface area (Å²) in [5.41, 5.74) is 0.801. The van der Waals surface area contributed by atoms with Crippen molar-refractivity contribution < 1.29 is 31.9 Å². The molecule has 3 rings (SSSR count). The fourth-order valence-electron chi connectivity index (χ4n) is 2.48. The molecule has 0 radical (unpaired) electrons. The van der Waals surface area contributed by atoms with Crippen LogP contribution in [0, 0.1) is 0 Å². The summed E-state index contributed by atoms with van der Waals surface area (Å²) in [6.07, 6.45) is -4.81. The average molecular weight is 392 g/mol. The van der Waals surface area contributed by atoms with Crippen LogP contribution in [0.1, 0.15) is 18.7 Å². The van der Waals surface area contributed by atoms with Crippen LogP contribution in [0.5, 0.6) is 5.75 Å². The lowest BCUT2D eigenvalue weighted by molar-refractivity contribution is -0.274. The summed E-state index contributed by atoms with van der Waals surface area (Å²) in [7, 11) is 0. The molecule has 2 aromatic carbocycles. The number of hydrogen-bond donors (Lipinski definition) is 2. The normalized spacial score (nSPS) is 12.4. The zero-order valence-electron chi connectivity index (χ0n) is 14.5. The number of fused-ring (bicyclic) bond motifs is 1. The second-order valence-electron chi connectivity index (χ2n) is 5.91. The molecule has 146 valence electrons. The Morgan fingerprint density at radius 1 is 1.04 bits per heavy atom. The van der Waals surface area contributed by atoms with E-state index < -0.39 is 30.0 Å². The standard InChI is InChI=1S/C19H15F3N2O4/c1-11(16-10-12-4-2-3-5-15(12)27-16)23-17(25)18(26)24-13-6-8-14(9-7-13)28-19(20,21)22/h2-11H,1H3,(H,23,25)(H,24,26). The first-order valence-electron chi connectivity index (χ1n) is 8.17. The maximum atomic E-state index is 12.1. The number of alkyl halides is 3. The number of carbonyl (C=O) groups excluding carboxylic acids is 2. The second-order valence-corrected chi connectivity index (χ2v) is 5.91. The maximum Gasteiger partial charge on any atom is 0.573 e. The van der Waals surface area contributed by atoms with E-state index >= 15 is 0 Å². The van der Waals surface area contributed by atoms with Gasteiger partial charge in [0.15, 0.2) is 0 Å². The highest BCUT2D eigenvalue weighted by Crippen LogP contribution is 2.25. The molecule has 1 heterocycles. The van der Waals surface area contributed by atoms with Crippen molar-refractivity contribution in [1.29, 1.82) is 0 Å². The van der Waals surface area contributed by atoms with Crippen molar-refractivity contribution in [1.82, 2.24) is 5.32 Å². The topological polar surface area (TPSA) is 80.6 Å². The molecule has 2 amide bonds. The van der Waals surface area contributed by atoms with Gasteiger partial charge in [0.05, 0.1) is 6.04 Å². The van der Waals surface area contributed by atoms with E-state index in [2.05, 4.69) is 15.4 Å². The minimum atomic E-state index is -4.81. The number of anilines is 1. The first-order valence-corrected chi connectivity index (χ1v) is 8.17. The first-order chi connectivity index (χ1) is 13.2. The lowest BCUT2D eigenvalue weighted by atomic mass is 10.2. The number of halogens is 3. The van der Waals surface area contributed by atoms with E-state index in [-0.39, 0.29) is 5.69 Å². The molecule has 0 saturated heterocycles. The predicted molar refractivity (Wildman–Crippen MR) is 94.5 cm³/mol. The molecule has 0 saturated carbocycles. The number of amides is 2. The van der Waals surface area contributed by atoms with Crippen molar-refractivity contribution in [2.45, 2.75) is 19.3 Å². The SMILES string of the molecule is CC(NC(=O)C(=O)Nc1ccc(OC(F)(F)F)cc1)c1cc2ccccc2o1. The van der Waals surface area contributed by atoms with Gasteiger partial charge in [0.2, 0.25) is 0 Å². The number of rotatable bonds is 4. The fraction of sp³-hybridized carbons (Fsp3) is 0.158. The molecule has 1 unspecified atom stereocenters. The van der Waals surface area contributed by atoms with Crippen LogP contribution in [-0.4, -0.2) is 18.2 Å². The third-order valence-corrected chi connectivity index (χ3v) is 3.77. The summed E-state index contributed by atoms with van der Waals surface area (Å²) in [5, 5.41) is 5.66. The second kappa shape index (κ2) is 7.63. The van der Waals surface area contributed by atoms with Crippen LogP contribution in [0.2, 0.25) is 0 Å². The monoisotopic (exact) mass is 392 g/mol. The Morgan fingerprint density at radius 2 is 1.71 bits per heavy atom. The Hall–Kier alpha value is -3.49. The summed E-state index contributed by atoms with van der Waals surface area (Å²) >= 11 is 0. The van der Waals surface area contributed by atoms with Crippen LogP contribution >= 0.6 is 0 Å². The Morgan fingerprint density at radius 3 is 2.36 bits per heavy atom. The summed E-state index contributed by atoms with van der Waals surface area (Å²) in [5.74, 6) is -1.83. The van der Waals surface area contributed by atoms with Gasteiger partial charge < -0.3 is 19.8 Å². The summed E-state index contributed by atoms with van der Waals surface area (Å²) < 4.78 is 45.8. The number of carbonyl (C=O) groups is 2. The smallest absolute Gasteiger partial charge is 0.459 e. The van der Waals surface area contributed by atoms with Crippen molar-refractivity contribution in [3.8, 4) is 5.75 Å². The van der Waals surface area contributed by atoms with Crippen LogP contribution < -0.4 is 15.4 Å². The molecule has 0 fully saturated rings. The van der Waals surface area contributed by atoms with Gasteiger partial charge in [-0.3, -0.25) is 9.59 Å². The molecule has 28 heavy (non-hydrogen) atoms. The van der Waals surface area contributed by atoms with Gasteiger partial charge in [-0.1, -0.05) is 18.2 Å². The van der Waals surface area contributed by atoms with E-state index in [1.54, 1.807) is 19.1 Å². The van der Waals surface area contributed by atoms with Gasteiger partial charge in [0, 0.05) is 11.1 Å². The van der Waals surface area contributed by atoms with Crippen molar-refractivity contribution in [3.05, 3.63) is 60.4 Å². The van der Waals surface area contributed by atoms with Crippen LogP contribution in [-0.2, 0) is 9.59 Å². The molecule has 1 atom stereocenters. The van der Waals surface area contributed by atoms with Gasteiger partial charge in [-0.2, -0.15) is 0 Å². The van der Waals surface area contributed by atoms with Gasteiger partial charge in [0.1, 0.15) is 17.1 Å². The maximum absolute atomic E-state index is 12.1. The predicted octanol–water partition coefficient (Wildman–Crippen LogP) is 4.15. The van der Waals surface area contributed by atoms with Crippen LogP contribution in [0.25, 0.3) is 11.0 Å². The largest absolute Gasteiger partial charge is 0.573 e. The minimum absolute atomic E-state index is 0.145. The third-order valence-electron chi connectivity index (χ3n) is 3.77. The van der Waals surface area contributed by atoms with E-state index in [0.717, 1.165) is 17.5 Å². The van der Waals surface area contributed by atoms with Crippen LogP contribution in [0.3, 0.4) is 0 Å². The lowest BCUT2D eigenvalue weighted by Gasteiger charge is -2.12. The average Bonchev–Trinajstić information content (AvgIpc) is 3.06. The molecule has 0 aliphatic carbocycles. The lowest BCUT2D eigenvalue weighted by Crippen LogP contribution is -2.36. The van der Waals surface area contributed by atoms with E-state index in [0.29, 0.717) is 11.3 Å². The van der Waals surface area contributed by atoms with Gasteiger partial charge >= 0.3 is 18.2 Å². The highest BCUT2D eigenvalue weighted by molar-refractivity contribution is 6.39. The number of ether oxygens (including phenoxy) is 1. The van der Waals surface area contributed by atoms with Crippen LogP contribution in [0.15, 0.2) is 59.0 Å². The summed E-state index contributed by atoms with van der Waals surface area (Å²) in [6.45, 7) is 1.66. The molecule has 0 aliphatic heterocycles. The molecule has 9 heteroatoms. The van der Waals surface area contributed by atoms with Gasteiger partial charge in [-0.05, 0) is 43.3 Å².